The van der Waals surface area contributed by atoms with Crippen LogP contribution < -0.4 is 9.80 Å². The quantitative estimate of drug-likeness (QED) is 0.0868. The average Bonchev–Trinajstić information content (AvgIpc) is 3.30. The fourth-order valence-corrected chi connectivity index (χ4v) is 8.82. The van der Waals surface area contributed by atoms with Gasteiger partial charge < -0.3 is 9.80 Å². The molecular formula is C56H34F4N4. The maximum absolute atomic E-state index is 16.5. The number of halogens is 4. The predicted octanol–water partition coefficient (Wildman–Crippen LogP) is 16.5. The lowest BCUT2D eigenvalue weighted by molar-refractivity contribution is 0.586. The Balaban J connectivity index is 1.23. The molecule has 8 heteroatoms. The second-order valence-corrected chi connectivity index (χ2v) is 15.9. The molecule has 0 saturated heterocycles. The van der Waals surface area contributed by atoms with Gasteiger partial charge in [0.1, 0.15) is 23.3 Å². The first-order chi connectivity index (χ1) is 31.1. The summed E-state index contributed by atoms with van der Waals surface area (Å²) in [6.45, 7) is 11.4. The van der Waals surface area contributed by atoms with Crippen LogP contribution >= 0.6 is 0 Å². The number of benzene rings is 10. The molecule has 0 aliphatic carbocycles. The largest absolute Gasteiger partial charge is 0.307 e. The van der Waals surface area contributed by atoms with E-state index in [1.54, 1.807) is 70.5 Å². The van der Waals surface area contributed by atoms with Crippen molar-refractivity contribution in [3.05, 3.63) is 221 Å². The molecule has 64 heavy (non-hydrogen) atoms. The molecule has 0 heterocycles. The lowest BCUT2D eigenvalue weighted by Gasteiger charge is -2.30. The van der Waals surface area contributed by atoms with Crippen molar-refractivity contribution in [1.29, 1.82) is 5.26 Å². The van der Waals surface area contributed by atoms with Crippen LogP contribution in [0.5, 0.6) is 0 Å². The Labute approximate surface area is 366 Å². The van der Waals surface area contributed by atoms with Crippen molar-refractivity contribution in [3.8, 4) is 28.3 Å². The van der Waals surface area contributed by atoms with E-state index in [2.05, 4.69) is 10.9 Å². The van der Waals surface area contributed by atoms with E-state index in [1.165, 1.54) is 12.1 Å². The SMILES string of the molecule is [C-]#[N+]c1ccc(N(c2cc(-c3cccc(C)c3)c(F)cc2F)c2ccc3ccc4c(N(c5ccc(C#N)cc5)c5cc(-c6cccc(C)c6)c(F)cc5F)ccc5ccc2c3c54)cc1. The molecule has 0 spiro atoms. The van der Waals surface area contributed by atoms with Crippen LogP contribution in [0.25, 0.3) is 59.4 Å². The molecule has 0 aliphatic heterocycles. The third kappa shape index (κ3) is 6.79. The third-order valence-electron chi connectivity index (χ3n) is 11.8. The van der Waals surface area contributed by atoms with Crippen molar-refractivity contribution in [1.82, 2.24) is 0 Å². The van der Waals surface area contributed by atoms with E-state index in [9.17, 15) is 5.26 Å². The van der Waals surface area contributed by atoms with Gasteiger partial charge in [-0.15, -0.1) is 0 Å². The zero-order valence-electron chi connectivity index (χ0n) is 34.5. The van der Waals surface area contributed by atoms with Crippen LogP contribution in [0.3, 0.4) is 0 Å². The number of aryl methyl sites for hydroxylation is 2. The van der Waals surface area contributed by atoms with Crippen molar-refractivity contribution >= 4 is 72.1 Å². The highest BCUT2D eigenvalue weighted by Gasteiger charge is 2.26. The van der Waals surface area contributed by atoms with Gasteiger partial charge in [0.25, 0.3) is 0 Å². The summed E-state index contributed by atoms with van der Waals surface area (Å²) in [5.41, 5.74) is 6.80. The molecule has 0 amide bonds. The minimum Gasteiger partial charge on any atom is -0.307 e. The van der Waals surface area contributed by atoms with Crippen LogP contribution in [-0.4, -0.2) is 0 Å². The average molecular weight is 839 g/mol. The van der Waals surface area contributed by atoms with Crippen LogP contribution in [0.1, 0.15) is 16.7 Å². The second-order valence-electron chi connectivity index (χ2n) is 15.9. The summed E-state index contributed by atoms with van der Waals surface area (Å²) >= 11 is 0. The molecule has 4 nitrogen and oxygen atoms in total. The highest BCUT2D eigenvalue weighted by Crippen LogP contribution is 2.49. The first-order valence-electron chi connectivity index (χ1n) is 20.5. The van der Waals surface area contributed by atoms with Crippen molar-refractivity contribution in [2.45, 2.75) is 13.8 Å². The zero-order valence-corrected chi connectivity index (χ0v) is 34.5. The van der Waals surface area contributed by atoms with Crippen LogP contribution in [0.15, 0.2) is 170 Å². The number of hydrogen-bond acceptors (Lipinski definition) is 3. The number of nitriles is 1. The van der Waals surface area contributed by atoms with Gasteiger partial charge in [-0.25, -0.2) is 22.4 Å². The van der Waals surface area contributed by atoms with Gasteiger partial charge in [0.15, 0.2) is 5.69 Å². The van der Waals surface area contributed by atoms with E-state index < -0.39 is 23.3 Å². The standard InChI is InChI=1S/C56H34F4N4/c1-33-6-4-8-38(26-33)45-28-53(49(59)30-47(45)57)63(41-18-10-35(32-61)11-19-41)51-24-14-36-13-23-44-52(25-15-37-12-22-43(51)55(36)56(37)44)64(42-20-16-40(62-3)17-21-42)54-29-46(48(58)31-50(54)60)39-9-5-7-34(2)27-39/h4-31H,1-2H3. The molecule has 0 saturated carbocycles. The lowest BCUT2D eigenvalue weighted by Crippen LogP contribution is -2.14. The number of hydrogen-bond donors (Lipinski definition) is 0. The smallest absolute Gasteiger partial charge is 0.187 e. The summed E-state index contributed by atoms with van der Waals surface area (Å²) in [4.78, 5) is 7.06. The van der Waals surface area contributed by atoms with Crippen molar-refractivity contribution < 1.29 is 17.6 Å². The van der Waals surface area contributed by atoms with E-state index >= 15 is 17.6 Å². The van der Waals surface area contributed by atoms with E-state index in [-0.39, 0.29) is 22.5 Å². The molecule has 10 aromatic carbocycles. The highest BCUT2D eigenvalue weighted by atomic mass is 19.1. The molecule has 10 aromatic rings. The maximum Gasteiger partial charge on any atom is 0.187 e. The molecular weight excluding hydrogens is 805 g/mol. The third-order valence-corrected chi connectivity index (χ3v) is 11.8. The van der Waals surface area contributed by atoms with Gasteiger partial charge in [-0.3, -0.25) is 0 Å². The second kappa shape index (κ2) is 15.8. The minimum absolute atomic E-state index is 0.101. The topological polar surface area (TPSA) is 34.6 Å². The number of anilines is 6. The molecule has 0 atom stereocenters. The lowest BCUT2D eigenvalue weighted by atomic mass is 9.91. The van der Waals surface area contributed by atoms with Crippen LogP contribution in [0.2, 0.25) is 0 Å². The van der Waals surface area contributed by atoms with E-state index in [4.69, 9.17) is 6.57 Å². The monoisotopic (exact) mass is 838 g/mol. The normalized spacial score (nSPS) is 11.2. The predicted molar refractivity (Wildman–Crippen MR) is 251 cm³/mol. The van der Waals surface area contributed by atoms with Crippen molar-refractivity contribution in [2.75, 3.05) is 9.80 Å². The zero-order chi connectivity index (χ0) is 44.2. The van der Waals surface area contributed by atoms with E-state index in [0.717, 1.165) is 55.6 Å². The number of rotatable bonds is 8. The summed E-state index contributed by atoms with van der Waals surface area (Å²) in [5, 5.41) is 14.6. The number of nitrogens with zero attached hydrogens (tertiary/aromatic N) is 4. The first kappa shape index (κ1) is 39.7. The Kier molecular flexibility index (Phi) is 9.78. The molecule has 0 aromatic heterocycles. The fraction of sp³-hybridized carbons (Fsp3) is 0.0357. The van der Waals surface area contributed by atoms with Crippen molar-refractivity contribution in [2.24, 2.45) is 0 Å². The summed E-state index contributed by atoms with van der Waals surface area (Å²) in [6, 6.07) is 51.0. The van der Waals surface area contributed by atoms with Gasteiger partial charge in [-0.1, -0.05) is 108 Å². The van der Waals surface area contributed by atoms with Gasteiger partial charge in [0.05, 0.1) is 41.0 Å². The Bertz CT molecular complexity index is 3310. The Morgan fingerprint density at radius 3 is 1.33 bits per heavy atom. The van der Waals surface area contributed by atoms with Crippen LogP contribution in [0.4, 0.5) is 57.4 Å². The summed E-state index contributed by atoms with van der Waals surface area (Å²) in [5.74, 6) is -2.96. The summed E-state index contributed by atoms with van der Waals surface area (Å²) < 4.78 is 64.5. The van der Waals surface area contributed by atoms with E-state index in [1.807, 2.05) is 98.8 Å². The molecule has 0 radical (unpaired) electrons. The fourth-order valence-electron chi connectivity index (χ4n) is 8.82. The molecule has 0 unspecified atom stereocenters. The van der Waals surface area contributed by atoms with Gasteiger partial charge in [-0.2, -0.15) is 5.26 Å². The first-order valence-corrected chi connectivity index (χ1v) is 20.5. The van der Waals surface area contributed by atoms with Gasteiger partial charge in [-0.05, 0) is 107 Å². The summed E-state index contributed by atoms with van der Waals surface area (Å²) in [7, 11) is 0. The maximum atomic E-state index is 16.5. The van der Waals surface area contributed by atoms with Gasteiger partial charge >= 0.3 is 0 Å². The van der Waals surface area contributed by atoms with Crippen LogP contribution in [0, 0.1) is 55.0 Å². The molecule has 0 bridgehead atoms. The molecule has 0 fully saturated rings. The minimum atomic E-state index is -0.780. The Morgan fingerprint density at radius 2 is 0.906 bits per heavy atom. The molecule has 0 aliphatic rings. The highest BCUT2D eigenvalue weighted by molar-refractivity contribution is 6.28. The molecule has 10 rings (SSSR count). The van der Waals surface area contributed by atoms with Crippen LogP contribution in [-0.2, 0) is 0 Å². The van der Waals surface area contributed by atoms with E-state index in [0.29, 0.717) is 45.1 Å². The van der Waals surface area contributed by atoms with Gasteiger partial charge in [0.2, 0.25) is 0 Å². The Hall–Kier alpha value is -8.46. The Morgan fingerprint density at radius 1 is 0.469 bits per heavy atom. The summed E-state index contributed by atoms with van der Waals surface area (Å²) in [6.07, 6.45) is 0. The molecule has 0 N–H and O–H groups in total. The van der Waals surface area contributed by atoms with Gasteiger partial charge in [0, 0.05) is 45.4 Å². The molecule has 306 valence electrons. The van der Waals surface area contributed by atoms with Crippen molar-refractivity contribution in [3.63, 3.8) is 0 Å².